The lowest BCUT2D eigenvalue weighted by atomic mass is 9.78. The number of hydrogen-bond donors (Lipinski definition) is 0. The first-order chi connectivity index (χ1) is 16.6. The van der Waals surface area contributed by atoms with Crippen LogP contribution in [0.5, 0.6) is 5.75 Å². The fourth-order valence-corrected chi connectivity index (χ4v) is 5.03. The highest BCUT2D eigenvalue weighted by molar-refractivity contribution is 5.61. The monoisotopic (exact) mass is 472 g/mol. The predicted molar refractivity (Wildman–Crippen MR) is 135 cm³/mol. The van der Waals surface area contributed by atoms with Gasteiger partial charge in [-0.05, 0) is 55.4 Å². The zero-order valence-electron chi connectivity index (χ0n) is 21.1. The van der Waals surface area contributed by atoms with Crippen molar-refractivity contribution in [2.75, 3.05) is 6.61 Å². The van der Waals surface area contributed by atoms with Crippen LogP contribution >= 0.6 is 0 Å². The molecule has 0 unspecified atom stereocenters. The number of aromatic nitrogens is 2. The Morgan fingerprint density at radius 3 is 2.15 bits per heavy atom. The molecule has 1 fully saturated rings. The first kappa shape index (κ1) is 26.6. The molecule has 34 heavy (non-hydrogen) atoms. The van der Waals surface area contributed by atoms with Gasteiger partial charge in [-0.15, -0.1) is 0 Å². The quantitative estimate of drug-likeness (QED) is 0.258. The van der Waals surface area contributed by atoms with E-state index >= 15 is 0 Å². The Hall–Kier alpha value is -2.04. The molecule has 3 nitrogen and oxygen atoms in total. The van der Waals surface area contributed by atoms with Crippen molar-refractivity contribution in [3.63, 3.8) is 0 Å². The number of rotatable bonds is 14. The van der Waals surface area contributed by atoms with Gasteiger partial charge in [0.15, 0.2) is 11.6 Å². The van der Waals surface area contributed by atoms with Crippen LogP contribution in [0.2, 0.25) is 0 Å². The van der Waals surface area contributed by atoms with Crippen molar-refractivity contribution in [1.82, 2.24) is 10.2 Å². The lowest BCUT2D eigenvalue weighted by Crippen LogP contribution is -2.15. The molecule has 0 saturated heterocycles. The highest BCUT2D eigenvalue weighted by Crippen LogP contribution is 2.34. The van der Waals surface area contributed by atoms with Gasteiger partial charge in [-0.1, -0.05) is 84.5 Å². The summed E-state index contributed by atoms with van der Waals surface area (Å²) in [4.78, 5) is 0. The molecular weight excluding hydrogens is 430 g/mol. The number of ether oxygens (including phenoxy) is 1. The second-order valence-electron chi connectivity index (χ2n) is 9.98. The van der Waals surface area contributed by atoms with Crippen LogP contribution in [0.1, 0.15) is 103 Å². The van der Waals surface area contributed by atoms with Crippen molar-refractivity contribution in [3.8, 4) is 17.0 Å². The molecule has 0 amide bonds. The van der Waals surface area contributed by atoms with Gasteiger partial charge in [0.25, 0.3) is 0 Å². The van der Waals surface area contributed by atoms with E-state index in [1.807, 2.05) is 6.07 Å². The van der Waals surface area contributed by atoms with Crippen LogP contribution in [0.3, 0.4) is 0 Å². The number of unbranched alkanes of at least 4 members (excludes halogenated alkanes) is 5. The molecule has 3 rings (SSSR count). The summed E-state index contributed by atoms with van der Waals surface area (Å²) in [6.45, 7) is 4.79. The molecule has 1 saturated carbocycles. The zero-order chi connectivity index (χ0) is 24.2. The van der Waals surface area contributed by atoms with Crippen molar-refractivity contribution in [2.45, 2.75) is 104 Å². The van der Waals surface area contributed by atoms with E-state index in [2.05, 4.69) is 24.0 Å². The molecule has 0 bridgehead atoms. The van der Waals surface area contributed by atoms with Crippen molar-refractivity contribution < 1.29 is 13.5 Å². The minimum atomic E-state index is -0.954. The van der Waals surface area contributed by atoms with E-state index in [1.54, 1.807) is 6.07 Å². The van der Waals surface area contributed by atoms with Gasteiger partial charge in [0.2, 0.25) is 5.82 Å². The average Bonchev–Trinajstić information content (AvgIpc) is 2.86. The third-order valence-corrected chi connectivity index (χ3v) is 7.29. The lowest BCUT2D eigenvalue weighted by Gasteiger charge is -2.28. The third kappa shape index (κ3) is 8.02. The SMILES string of the molecule is CCCCCCOc1ccc(-c2ccc(CCC3CCC(CCCCC)CC3)nn2)c(F)c1F. The van der Waals surface area contributed by atoms with Crippen LogP contribution in [0.25, 0.3) is 11.3 Å². The molecule has 5 heteroatoms. The molecule has 1 aliphatic rings. The molecule has 0 spiro atoms. The van der Waals surface area contributed by atoms with Gasteiger partial charge in [-0.2, -0.15) is 14.6 Å². The Balaban J connectivity index is 1.47. The summed E-state index contributed by atoms with van der Waals surface area (Å²) in [6.07, 6.45) is 16.9. The minimum absolute atomic E-state index is 0.0394. The largest absolute Gasteiger partial charge is 0.490 e. The van der Waals surface area contributed by atoms with E-state index in [1.165, 1.54) is 63.5 Å². The van der Waals surface area contributed by atoms with Gasteiger partial charge in [0, 0.05) is 5.56 Å². The lowest BCUT2D eigenvalue weighted by molar-refractivity contribution is 0.248. The number of benzene rings is 1. The second-order valence-corrected chi connectivity index (χ2v) is 9.98. The first-order valence-electron chi connectivity index (χ1n) is 13.6. The number of hydrogen-bond acceptors (Lipinski definition) is 3. The predicted octanol–water partition coefficient (Wildman–Crippen LogP) is 8.70. The zero-order valence-corrected chi connectivity index (χ0v) is 21.1. The number of nitrogens with zero attached hydrogens (tertiary/aromatic N) is 2. The van der Waals surface area contributed by atoms with Crippen molar-refractivity contribution in [1.29, 1.82) is 0 Å². The fraction of sp³-hybridized carbons (Fsp3) is 0.655. The summed E-state index contributed by atoms with van der Waals surface area (Å²) >= 11 is 0. The average molecular weight is 473 g/mol. The molecule has 1 aromatic heterocycles. The molecule has 0 radical (unpaired) electrons. The highest BCUT2D eigenvalue weighted by atomic mass is 19.2. The summed E-state index contributed by atoms with van der Waals surface area (Å²) in [7, 11) is 0. The Morgan fingerprint density at radius 2 is 1.47 bits per heavy atom. The van der Waals surface area contributed by atoms with E-state index in [0.717, 1.165) is 56.1 Å². The van der Waals surface area contributed by atoms with Gasteiger partial charge in [-0.3, -0.25) is 0 Å². The third-order valence-electron chi connectivity index (χ3n) is 7.29. The van der Waals surface area contributed by atoms with Crippen LogP contribution in [0.4, 0.5) is 8.78 Å². The molecule has 0 atom stereocenters. The topological polar surface area (TPSA) is 35.0 Å². The van der Waals surface area contributed by atoms with Crippen LogP contribution < -0.4 is 4.74 Å². The number of aryl methyl sites for hydroxylation is 1. The molecule has 188 valence electrons. The fourth-order valence-electron chi connectivity index (χ4n) is 5.03. The van der Waals surface area contributed by atoms with Crippen molar-refractivity contribution in [3.05, 3.63) is 41.6 Å². The normalized spacial score (nSPS) is 18.2. The van der Waals surface area contributed by atoms with E-state index in [-0.39, 0.29) is 11.3 Å². The molecule has 1 heterocycles. The summed E-state index contributed by atoms with van der Waals surface area (Å²) in [5.41, 5.74) is 1.39. The molecule has 0 aliphatic heterocycles. The Bertz CT molecular complexity index is 848. The minimum Gasteiger partial charge on any atom is -0.490 e. The number of halogens is 2. The molecule has 1 aromatic carbocycles. The van der Waals surface area contributed by atoms with E-state index in [0.29, 0.717) is 12.3 Å². The van der Waals surface area contributed by atoms with Gasteiger partial charge in [-0.25, -0.2) is 4.39 Å². The van der Waals surface area contributed by atoms with E-state index < -0.39 is 11.6 Å². The highest BCUT2D eigenvalue weighted by Gasteiger charge is 2.21. The first-order valence-corrected chi connectivity index (χ1v) is 13.6. The standard InChI is InChI=1S/C29H42F2N2O/c1-3-5-7-9-21-34-27-20-18-25(28(30)29(27)31)26-19-17-24(32-33-26)16-15-23-13-11-22(12-14-23)10-8-6-4-2/h17-20,22-23H,3-16,21H2,1-2H3. The van der Waals surface area contributed by atoms with Crippen molar-refractivity contribution in [2.24, 2.45) is 11.8 Å². The van der Waals surface area contributed by atoms with E-state index in [9.17, 15) is 8.78 Å². The van der Waals surface area contributed by atoms with Crippen LogP contribution in [0.15, 0.2) is 24.3 Å². The van der Waals surface area contributed by atoms with Crippen LogP contribution in [-0.4, -0.2) is 16.8 Å². The summed E-state index contributed by atoms with van der Waals surface area (Å²) in [6, 6.07) is 6.66. The maximum absolute atomic E-state index is 14.7. The molecular formula is C29H42F2N2O. The Morgan fingerprint density at radius 1 is 0.765 bits per heavy atom. The Kier molecular flexibility index (Phi) is 11.2. The summed E-state index contributed by atoms with van der Waals surface area (Å²) in [5.74, 6) is -0.227. The van der Waals surface area contributed by atoms with Gasteiger partial charge >= 0.3 is 0 Å². The summed E-state index contributed by atoms with van der Waals surface area (Å²) in [5, 5.41) is 8.50. The van der Waals surface area contributed by atoms with Gasteiger partial charge in [0.05, 0.1) is 18.0 Å². The van der Waals surface area contributed by atoms with E-state index in [4.69, 9.17) is 4.74 Å². The Labute approximate surface area is 204 Å². The summed E-state index contributed by atoms with van der Waals surface area (Å²) < 4.78 is 34.6. The molecule has 1 aliphatic carbocycles. The van der Waals surface area contributed by atoms with Crippen LogP contribution in [-0.2, 0) is 6.42 Å². The molecule has 2 aromatic rings. The van der Waals surface area contributed by atoms with Crippen molar-refractivity contribution >= 4 is 0 Å². The van der Waals surface area contributed by atoms with Gasteiger partial charge < -0.3 is 4.74 Å². The molecule has 0 N–H and O–H groups in total. The van der Waals surface area contributed by atoms with Crippen LogP contribution in [0, 0.1) is 23.5 Å². The van der Waals surface area contributed by atoms with Gasteiger partial charge in [0.1, 0.15) is 0 Å². The second kappa shape index (κ2) is 14.4. The smallest absolute Gasteiger partial charge is 0.201 e. The maximum Gasteiger partial charge on any atom is 0.201 e. The maximum atomic E-state index is 14.7.